The standard InChI is InChI=1S/C14H15ClN2O/c1-9(2)11-8-13(15)17-14(16-11)10-6-4-5-7-12(10)18-3/h4-9H,1-3H3. The van der Waals surface area contributed by atoms with E-state index in [1.807, 2.05) is 24.3 Å². The molecule has 1 aromatic heterocycles. The van der Waals surface area contributed by atoms with Crippen LogP contribution < -0.4 is 4.74 Å². The highest BCUT2D eigenvalue weighted by Gasteiger charge is 2.11. The molecule has 4 heteroatoms. The molecular weight excluding hydrogens is 248 g/mol. The normalized spacial score (nSPS) is 10.7. The maximum Gasteiger partial charge on any atom is 0.164 e. The number of benzene rings is 1. The van der Waals surface area contributed by atoms with Gasteiger partial charge in [-0.05, 0) is 24.1 Å². The largest absolute Gasteiger partial charge is 0.496 e. The molecule has 0 saturated carbocycles. The van der Waals surface area contributed by atoms with Gasteiger partial charge in [0.1, 0.15) is 10.9 Å². The lowest BCUT2D eigenvalue weighted by Crippen LogP contribution is -1.99. The van der Waals surface area contributed by atoms with Gasteiger partial charge in [0, 0.05) is 5.69 Å². The van der Waals surface area contributed by atoms with Gasteiger partial charge < -0.3 is 4.74 Å². The Morgan fingerprint density at radius 3 is 2.56 bits per heavy atom. The Morgan fingerprint density at radius 1 is 1.17 bits per heavy atom. The summed E-state index contributed by atoms with van der Waals surface area (Å²) in [5, 5.41) is 0.453. The molecule has 0 spiro atoms. The number of hydrogen-bond donors (Lipinski definition) is 0. The second-order valence-corrected chi connectivity index (χ2v) is 4.68. The average Bonchev–Trinajstić information content (AvgIpc) is 2.38. The number of aromatic nitrogens is 2. The smallest absolute Gasteiger partial charge is 0.164 e. The van der Waals surface area contributed by atoms with Crippen LogP contribution in [0.3, 0.4) is 0 Å². The fourth-order valence-electron chi connectivity index (χ4n) is 1.68. The van der Waals surface area contributed by atoms with Crippen molar-refractivity contribution < 1.29 is 4.74 Å². The van der Waals surface area contributed by atoms with E-state index in [1.54, 1.807) is 13.2 Å². The summed E-state index contributed by atoms with van der Waals surface area (Å²) in [6.07, 6.45) is 0. The first-order chi connectivity index (χ1) is 8.61. The molecule has 0 aliphatic heterocycles. The Kier molecular flexibility index (Phi) is 3.82. The summed E-state index contributed by atoms with van der Waals surface area (Å²) in [7, 11) is 1.63. The van der Waals surface area contributed by atoms with E-state index < -0.39 is 0 Å². The van der Waals surface area contributed by atoms with Crippen molar-refractivity contribution in [3.63, 3.8) is 0 Å². The summed E-state index contributed by atoms with van der Waals surface area (Å²) in [5.41, 5.74) is 1.78. The van der Waals surface area contributed by atoms with Gasteiger partial charge in [0.05, 0.1) is 12.7 Å². The minimum Gasteiger partial charge on any atom is -0.496 e. The van der Waals surface area contributed by atoms with Gasteiger partial charge in [0.15, 0.2) is 5.82 Å². The number of halogens is 1. The highest BCUT2D eigenvalue weighted by Crippen LogP contribution is 2.28. The van der Waals surface area contributed by atoms with Crippen LogP contribution in [0.5, 0.6) is 5.75 Å². The highest BCUT2D eigenvalue weighted by molar-refractivity contribution is 6.29. The van der Waals surface area contributed by atoms with Crippen LogP contribution >= 0.6 is 11.6 Å². The molecule has 0 atom stereocenters. The maximum atomic E-state index is 6.05. The van der Waals surface area contributed by atoms with Gasteiger partial charge in [0.25, 0.3) is 0 Å². The molecule has 1 heterocycles. The van der Waals surface area contributed by atoms with Gasteiger partial charge in [0.2, 0.25) is 0 Å². The third kappa shape index (κ3) is 2.62. The Balaban J connectivity index is 2.56. The molecule has 0 aliphatic carbocycles. The molecule has 2 aromatic rings. The van der Waals surface area contributed by atoms with Crippen molar-refractivity contribution in [2.75, 3.05) is 7.11 Å². The summed E-state index contributed by atoms with van der Waals surface area (Å²) >= 11 is 6.05. The number of hydrogen-bond acceptors (Lipinski definition) is 3. The minimum absolute atomic E-state index is 0.305. The molecule has 0 saturated heterocycles. The highest BCUT2D eigenvalue weighted by atomic mass is 35.5. The topological polar surface area (TPSA) is 35.0 Å². The Bertz CT molecular complexity index is 555. The molecule has 0 radical (unpaired) electrons. The van der Waals surface area contributed by atoms with Gasteiger partial charge in [-0.1, -0.05) is 37.6 Å². The zero-order valence-corrected chi connectivity index (χ0v) is 11.4. The molecule has 0 aliphatic rings. The summed E-state index contributed by atoms with van der Waals surface area (Å²) in [6, 6.07) is 9.45. The second kappa shape index (κ2) is 5.36. The summed E-state index contributed by atoms with van der Waals surface area (Å²) in [5.74, 6) is 1.65. The Labute approximate surface area is 112 Å². The lowest BCUT2D eigenvalue weighted by molar-refractivity contribution is 0.416. The maximum absolute atomic E-state index is 6.05. The van der Waals surface area contributed by atoms with Crippen LogP contribution in [0.25, 0.3) is 11.4 Å². The van der Waals surface area contributed by atoms with Crippen molar-refractivity contribution in [3.05, 3.63) is 41.2 Å². The van der Waals surface area contributed by atoms with Crippen molar-refractivity contribution in [1.29, 1.82) is 0 Å². The molecule has 2 rings (SSSR count). The van der Waals surface area contributed by atoms with E-state index in [4.69, 9.17) is 16.3 Å². The first kappa shape index (κ1) is 12.8. The van der Waals surface area contributed by atoms with Crippen molar-refractivity contribution in [2.24, 2.45) is 0 Å². The number of para-hydroxylation sites is 1. The van der Waals surface area contributed by atoms with Crippen molar-refractivity contribution in [1.82, 2.24) is 9.97 Å². The zero-order chi connectivity index (χ0) is 13.1. The van der Waals surface area contributed by atoms with E-state index in [2.05, 4.69) is 23.8 Å². The number of methoxy groups -OCH3 is 1. The fraction of sp³-hybridized carbons (Fsp3) is 0.286. The molecule has 18 heavy (non-hydrogen) atoms. The van der Waals surface area contributed by atoms with Crippen LogP contribution in [-0.2, 0) is 0 Å². The molecule has 94 valence electrons. The summed E-state index contributed by atoms with van der Waals surface area (Å²) in [6.45, 7) is 4.15. The lowest BCUT2D eigenvalue weighted by Gasteiger charge is -2.10. The van der Waals surface area contributed by atoms with E-state index in [0.717, 1.165) is 17.0 Å². The number of nitrogens with zero attached hydrogens (tertiary/aromatic N) is 2. The predicted molar refractivity (Wildman–Crippen MR) is 73.1 cm³/mol. The van der Waals surface area contributed by atoms with Crippen molar-refractivity contribution in [2.45, 2.75) is 19.8 Å². The molecule has 0 N–H and O–H groups in total. The Hall–Kier alpha value is -1.61. The van der Waals surface area contributed by atoms with E-state index >= 15 is 0 Å². The SMILES string of the molecule is COc1ccccc1-c1nc(Cl)cc(C(C)C)n1. The first-order valence-corrected chi connectivity index (χ1v) is 6.17. The Morgan fingerprint density at radius 2 is 1.89 bits per heavy atom. The third-order valence-corrected chi connectivity index (χ3v) is 2.85. The zero-order valence-electron chi connectivity index (χ0n) is 10.6. The quantitative estimate of drug-likeness (QED) is 0.786. The lowest BCUT2D eigenvalue weighted by atomic mass is 10.1. The van der Waals surface area contributed by atoms with Gasteiger partial charge in [-0.25, -0.2) is 9.97 Å². The fourth-order valence-corrected chi connectivity index (χ4v) is 1.87. The first-order valence-electron chi connectivity index (χ1n) is 5.79. The van der Waals surface area contributed by atoms with Crippen LogP contribution in [0.15, 0.2) is 30.3 Å². The number of ether oxygens (including phenoxy) is 1. The minimum atomic E-state index is 0.305. The average molecular weight is 263 g/mol. The van der Waals surface area contributed by atoms with Crippen LogP contribution in [-0.4, -0.2) is 17.1 Å². The molecule has 3 nitrogen and oxygen atoms in total. The molecule has 0 amide bonds. The molecule has 1 aromatic carbocycles. The van der Waals surface area contributed by atoms with Gasteiger partial charge in [-0.15, -0.1) is 0 Å². The predicted octanol–water partition coefficient (Wildman–Crippen LogP) is 3.93. The molecule has 0 bridgehead atoms. The molecule has 0 fully saturated rings. The van der Waals surface area contributed by atoms with Crippen LogP contribution in [0.1, 0.15) is 25.5 Å². The summed E-state index contributed by atoms with van der Waals surface area (Å²) in [4.78, 5) is 8.81. The van der Waals surface area contributed by atoms with Crippen LogP contribution in [0.4, 0.5) is 0 Å². The van der Waals surface area contributed by atoms with Crippen LogP contribution in [0.2, 0.25) is 5.15 Å². The van der Waals surface area contributed by atoms with Crippen molar-refractivity contribution >= 4 is 11.6 Å². The second-order valence-electron chi connectivity index (χ2n) is 4.29. The number of rotatable bonds is 3. The van der Waals surface area contributed by atoms with Gasteiger partial charge >= 0.3 is 0 Å². The van der Waals surface area contributed by atoms with Gasteiger partial charge in [-0.3, -0.25) is 0 Å². The van der Waals surface area contributed by atoms with E-state index in [1.165, 1.54) is 0 Å². The summed E-state index contributed by atoms with van der Waals surface area (Å²) < 4.78 is 5.32. The van der Waals surface area contributed by atoms with Crippen molar-refractivity contribution in [3.8, 4) is 17.1 Å². The molecular formula is C14H15ClN2O. The van der Waals surface area contributed by atoms with E-state index in [9.17, 15) is 0 Å². The third-order valence-electron chi connectivity index (χ3n) is 2.65. The van der Waals surface area contributed by atoms with Crippen LogP contribution in [0, 0.1) is 0 Å². The molecule has 0 unspecified atom stereocenters. The monoisotopic (exact) mass is 262 g/mol. The van der Waals surface area contributed by atoms with E-state index in [-0.39, 0.29) is 0 Å². The van der Waals surface area contributed by atoms with E-state index in [0.29, 0.717) is 16.9 Å². The van der Waals surface area contributed by atoms with Gasteiger partial charge in [-0.2, -0.15) is 0 Å².